The molecule has 92 valence electrons. The second kappa shape index (κ2) is 5.32. The van der Waals surface area contributed by atoms with Crippen molar-refractivity contribution in [1.29, 1.82) is 0 Å². The Kier molecular flexibility index (Phi) is 3.79. The summed E-state index contributed by atoms with van der Waals surface area (Å²) in [5, 5.41) is 0. The van der Waals surface area contributed by atoms with Gasteiger partial charge >= 0.3 is 0 Å². The molecule has 1 aromatic rings. The molecule has 0 spiro atoms. The molecule has 1 fully saturated rings. The highest BCUT2D eigenvalue weighted by Gasteiger charge is 2.17. The first-order chi connectivity index (χ1) is 8.15. The summed E-state index contributed by atoms with van der Waals surface area (Å²) in [7, 11) is 1.89. The lowest BCUT2D eigenvalue weighted by Crippen LogP contribution is -2.29. The highest BCUT2D eigenvalue weighted by atomic mass is 16.2. The number of amides is 1. The average Bonchev–Trinajstić information content (AvgIpc) is 2.48. The average molecular weight is 232 g/mol. The maximum absolute atomic E-state index is 11.6. The molecule has 3 nitrogen and oxygen atoms in total. The fraction of sp³-hybridized carbons (Fsp3) is 0.500. The fourth-order valence-corrected chi connectivity index (χ4v) is 2.08. The van der Waals surface area contributed by atoms with Crippen LogP contribution in [0, 0.1) is 6.92 Å². The zero-order valence-corrected chi connectivity index (χ0v) is 10.6. The minimum atomic E-state index is 0.261. The maximum atomic E-state index is 11.6. The van der Waals surface area contributed by atoms with Crippen LogP contribution in [0.15, 0.2) is 24.3 Å². The Morgan fingerprint density at radius 1 is 1.12 bits per heavy atom. The predicted molar refractivity (Wildman–Crippen MR) is 68.7 cm³/mol. The van der Waals surface area contributed by atoms with Gasteiger partial charge in [0, 0.05) is 39.6 Å². The van der Waals surface area contributed by atoms with Gasteiger partial charge in [0.05, 0.1) is 0 Å². The molecule has 1 aliphatic rings. The van der Waals surface area contributed by atoms with Crippen LogP contribution < -0.4 is 0 Å². The number of nitrogens with zero attached hydrogens (tertiary/aromatic N) is 2. The fourth-order valence-electron chi connectivity index (χ4n) is 2.08. The normalized spacial score (nSPS) is 18.2. The number of benzene rings is 1. The van der Waals surface area contributed by atoms with E-state index in [0.717, 1.165) is 26.2 Å². The molecule has 1 heterocycles. The first-order valence-electron chi connectivity index (χ1n) is 6.17. The van der Waals surface area contributed by atoms with Crippen molar-refractivity contribution in [3.63, 3.8) is 0 Å². The molecule has 2 rings (SSSR count). The lowest BCUT2D eigenvalue weighted by atomic mass is 10.1. The van der Waals surface area contributed by atoms with E-state index in [-0.39, 0.29) is 5.91 Å². The summed E-state index contributed by atoms with van der Waals surface area (Å²) in [4.78, 5) is 15.7. The van der Waals surface area contributed by atoms with Crippen molar-refractivity contribution >= 4 is 5.91 Å². The zero-order chi connectivity index (χ0) is 12.3. The summed E-state index contributed by atoms with van der Waals surface area (Å²) in [6.07, 6.45) is 0.641. The molecular formula is C14H20N2O. The third-order valence-corrected chi connectivity index (χ3v) is 3.35. The van der Waals surface area contributed by atoms with Crippen LogP contribution in [-0.4, -0.2) is 42.4 Å². The van der Waals surface area contributed by atoms with Crippen molar-refractivity contribution in [1.82, 2.24) is 9.80 Å². The zero-order valence-electron chi connectivity index (χ0n) is 10.6. The van der Waals surface area contributed by atoms with Crippen LogP contribution in [0.3, 0.4) is 0 Å². The van der Waals surface area contributed by atoms with Gasteiger partial charge in [-0.05, 0) is 12.5 Å². The second-order valence-corrected chi connectivity index (χ2v) is 4.83. The van der Waals surface area contributed by atoms with Crippen LogP contribution in [0.4, 0.5) is 0 Å². The maximum Gasteiger partial charge on any atom is 0.223 e. The quantitative estimate of drug-likeness (QED) is 0.774. The number of aryl methyl sites for hydroxylation is 1. The number of hydrogen-bond acceptors (Lipinski definition) is 2. The molecule has 3 heteroatoms. The summed E-state index contributed by atoms with van der Waals surface area (Å²) in [6.45, 7) is 5.72. The minimum absolute atomic E-state index is 0.261. The first kappa shape index (κ1) is 12.1. The third-order valence-electron chi connectivity index (χ3n) is 3.35. The van der Waals surface area contributed by atoms with Gasteiger partial charge < -0.3 is 4.90 Å². The van der Waals surface area contributed by atoms with Crippen molar-refractivity contribution in [3.8, 4) is 0 Å². The Labute approximate surface area is 103 Å². The molecule has 1 aromatic carbocycles. The number of hydrogen-bond donors (Lipinski definition) is 0. The minimum Gasteiger partial charge on any atom is -0.344 e. The Morgan fingerprint density at radius 2 is 1.82 bits per heavy atom. The number of rotatable bonds is 2. The van der Waals surface area contributed by atoms with Crippen LogP contribution >= 0.6 is 0 Å². The van der Waals surface area contributed by atoms with E-state index in [4.69, 9.17) is 0 Å². The molecule has 1 saturated heterocycles. The van der Waals surface area contributed by atoms with Gasteiger partial charge in [0.25, 0.3) is 0 Å². The Balaban J connectivity index is 1.95. The second-order valence-electron chi connectivity index (χ2n) is 4.83. The van der Waals surface area contributed by atoms with Crippen LogP contribution in [0.1, 0.15) is 17.5 Å². The third kappa shape index (κ3) is 3.30. The topological polar surface area (TPSA) is 23.6 Å². The van der Waals surface area contributed by atoms with Crippen LogP contribution in [0.25, 0.3) is 0 Å². The largest absolute Gasteiger partial charge is 0.344 e. The molecule has 17 heavy (non-hydrogen) atoms. The smallest absolute Gasteiger partial charge is 0.223 e. The lowest BCUT2D eigenvalue weighted by molar-refractivity contribution is -0.129. The molecule has 0 radical (unpaired) electrons. The van der Waals surface area contributed by atoms with E-state index < -0.39 is 0 Å². The van der Waals surface area contributed by atoms with Crippen molar-refractivity contribution in [2.75, 3.05) is 26.7 Å². The van der Waals surface area contributed by atoms with E-state index in [9.17, 15) is 4.79 Å². The molecular weight excluding hydrogens is 212 g/mol. The number of carbonyl (C=O) groups is 1. The molecule has 0 N–H and O–H groups in total. The van der Waals surface area contributed by atoms with E-state index in [0.29, 0.717) is 6.42 Å². The summed E-state index contributed by atoms with van der Waals surface area (Å²) >= 11 is 0. The summed E-state index contributed by atoms with van der Waals surface area (Å²) in [5.74, 6) is 0.261. The van der Waals surface area contributed by atoms with Gasteiger partial charge in [-0.2, -0.15) is 0 Å². The van der Waals surface area contributed by atoms with Gasteiger partial charge in [-0.3, -0.25) is 9.69 Å². The van der Waals surface area contributed by atoms with E-state index in [1.165, 1.54) is 11.1 Å². The van der Waals surface area contributed by atoms with Gasteiger partial charge in [0.1, 0.15) is 0 Å². The molecule has 0 aliphatic carbocycles. The molecule has 0 aromatic heterocycles. The van der Waals surface area contributed by atoms with Crippen LogP contribution in [0.5, 0.6) is 0 Å². The molecule has 0 unspecified atom stereocenters. The number of likely N-dealkylation sites (N-methyl/N-ethyl adjacent to an activating group) is 1. The summed E-state index contributed by atoms with van der Waals surface area (Å²) in [6, 6.07) is 8.63. The van der Waals surface area contributed by atoms with Gasteiger partial charge in [-0.15, -0.1) is 0 Å². The molecule has 1 aliphatic heterocycles. The van der Waals surface area contributed by atoms with Crippen molar-refractivity contribution < 1.29 is 4.79 Å². The van der Waals surface area contributed by atoms with Gasteiger partial charge in [-0.1, -0.05) is 29.8 Å². The Bertz CT molecular complexity index is 386. The molecule has 0 bridgehead atoms. The Hall–Kier alpha value is -1.35. The SMILES string of the molecule is Cc1ccc(CN2CCC(=O)N(C)CC2)cc1. The predicted octanol–water partition coefficient (Wildman–Crippen LogP) is 1.66. The van der Waals surface area contributed by atoms with Crippen molar-refractivity contribution in [2.45, 2.75) is 19.9 Å². The van der Waals surface area contributed by atoms with Crippen LogP contribution in [0.2, 0.25) is 0 Å². The molecule has 1 amide bonds. The van der Waals surface area contributed by atoms with Crippen LogP contribution in [-0.2, 0) is 11.3 Å². The number of carbonyl (C=O) groups excluding carboxylic acids is 1. The standard InChI is InChI=1S/C14H20N2O/c1-12-3-5-13(6-4-12)11-16-8-7-14(17)15(2)9-10-16/h3-6H,7-11H2,1-2H3. The van der Waals surface area contributed by atoms with Crippen molar-refractivity contribution in [2.24, 2.45) is 0 Å². The van der Waals surface area contributed by atoms with E-state index >= 15 is 0 Å². The van der Waals surface area contributed by atoms with Crippen molar-refractivity contribution in [3.05, 3.63) is 35.4 Å². The lowest BCUT2D eigenvalue weighted by Gasteiger charge is -2.19. The van der Waals surface area contributed by atoms with E-state index in [1.54, 1.807) is 0 Å². The highest BCUT2D eigenvalue weighted by molar-refractivity contribution is 5.76. The first-order valence-corrected chi connectivity index (χ1v) is 6.17. The van der Waals surface area contributed by atoms with Gasteiger partial charge in [0.2, 0.25) is 5.91 Å². The summed E-state index contributed by atoms with van der Waals surface area (Å²) in [5.41, 5.74) is 2.62. The van der Waals surface area contributed by atoms with E-state index in [2.05, 4.69) is 36.1 Å². The van der Waals surface area contributed by atoms with Gasteiger partial charge in [0.15, 0.2) is 0 Å². The Morgan fingerprint density at radius 3 is 2.53 bits per heavy atom. The van der Waals surface area contributed by atoms with Gasteiger partial charge in [-0.25, -0.2) is 0 Å². The van der Waals surface area contributed by atoms with E-state index in [1.807, 2.05) is 11.9 Å². The molecule has 0 saturated carbocycles. The highest BCUT2D eigenvalue weighted by Crippen LogP contribution is 2.10. The monoisotopic (exact) mass is 232 g/mol. The molecule has 0 atom stereocenters. The summed E-state index contributed by atoms with van der Waals surface area (Å²) < 4.78 is 0.